The minimum absolute atomic E-state index is 0.0241. The number of amides is 1. The number of fused-ring (bicyclic) bond motifs is 1. The van der Waals surface area contributed by atoms with E-state index >= 15 is 0 Å². The smallest absolute Gasteiger partial charge is 0.338 e. The summed E-state index contributed by atoms with van der Waals surface area (Å²) < 4.78 is 30.5. The van der Waals surface area contributed by atoms with Crippen LogP contribution >= 0.6 is 0 Å². The number of anilines is 1. The summed E-state index contributed by atoms with van der Waals surface area (Å²) in [6.45, 7) is 0.0308. The first-order chi connectivity index (χ1) is 15.9. The zero-order valence-electron chi connectivity index (χ0n) is 18.1. The minimum atomic E-state index is -0.793. The van der Waals surface area contributed by atoms with Gasteiger partial charge in [-0.25, -0.2) is 14.4 Å². The lowest BCUT2D eigenvalue weighted by atomic mass is 10.1. The fourth-order valence-electron chi connectivity index (χ4n) is 2.97. The van der Waals surface area contributed by atoms with Crippen LogP contribution in [0, 0.1) is 0 Å². The van der Waals surface area contributed by atoms with Crippen LogP contribution in [0.2, 0.25) is 0 Å². The first-order valence-electron chi connectivity index (χ1n) is 9.62. The summed E-state index contributed by atoms with van der Waals surface area (Å²) in [5, 5.41) is 2.46. The van der Waals surface area contributed by atoms with Gasteiger partial charge in [0.05, 0.1) is 38.0 Å². The lowest BCUT2D eigenvalue weighted by molar-refractivity contribution is -0.119. The lowest BCUT2D eigenvalue weighted by Crippen LogP contribution is -2.22. The Hall–Kier alpha value is -4.28. The molecule has 1 amide bonds. The summed E-state index contributed by atoms with van der Waals surface area (Å²) in [6.07, 6.45) is 0. The molecule has 1 heterocycles. The zero-order valence-corrected chi connectivity index (χ0v) is 18.1. The largest absolute Gasteiger partial charge is 0.493 e. The fraction of sp³-hybridized carbons (Fsp3) is 0.273. The number of methoxy groups -OCH3 is 3. The highest BCUT2D eigenvalue weighted by Crippen LogP contribution is 2.40. The van der Waals surface area contributed by atoms with E-state index in [9.17, 15) is 19.2 Å². The van der Waals surface area contributed by atoms with Crippen LogP contribution in [0.25, 0.3) is 0 Å². The Morgan fingerprint density at radius 3 is 2.03 bits per heavy atom. The molecule has 2 aromatic carbocycles. The zero-order chi connectivity index (χ0) is 24.0. The number of esters is 3. The Balaban J connectivity index is 1.70. The van der Waals surface area contributed by atoms with Crippen LogP contribution in [0.3, 0.4) is 0 Å². The molecule has 0 fully saturated rings. The van der Waals surface area contributed by atoms with Crippen molar-refractivity contribution in [2.75, 3.05) is 46.5 Å². The molecule has 0 atom stereocenters. The third kappa shape index (κ3) is 5.50. The molecule has 2 aromatic rings. The van der Waals surface area contributed by atoms with Crippen molar-refractivity contribution in [1.29, 1.82) is 0 Å². The van der Waals surface area contributed by atoms with Crippen molar-refractivity contribution in [1.82, 2.24) is 0 Å². The minimum Gasteiger partial charge on any atom is -0.493 e. The Morgan fingerprint density at radius 2 is 1.42 bits per heavy atom. The van der Waals surface area contributed by atoms with Gasteiger partial charge in [0.2, 0.25) is 5.75 Å². The van der Waals surface area contributed by atoms with E-state index in [2.05, 4.69) is 14.8 Å². The van der Waals surface area contributed by atoms with Crippen molar-refractivity contribution in [3.63, 3.8) is 0 Å². The maximum Gasteiger partial charge on any atom is 0.338 e. The summed E-state index contributed by atoms with van der Waals surface area (Å²) >= 11 is 0. The maximum absolute atomic E-state index is 12.4. The second-order valence-electron chi connectivity index (χ2n) is 6.61. The average molecular weight is 459 g/mol. The highest BCUT2D eigenvalue weighted by Gasteiger charge is 2.22. The molecule has 0 saturated carbocycles. The third-order valence-electron chi connectivity index (χ3n) is 4.46. The predicted molar refractivity (Wildman–Crippen MR) is 112 cm³/mol. The topological polar surface area (TPSA) is 136 Å². The van der Waals surface area contributed by atoms with E-state index in [-0.39, 0.29) is 22.4 Å². The van der Waals surface area contributed by atoms with Crippen molar-refractivity contribution in [3.05, 3.63) is 47.0 Å². The van der Waals surface area contributed by atoms with E-state index in [1.165, 1.54) is 51.7 Å². The summed E-state index contributed by atoms with van der Waals surface area (Å²) in [5.41, 5.74) is 0.261. The van der Waals surface area contributed by atoms with Crippen molar-refractivity contribution in [3.8, 4) is 17.2 Å². The summed E-state index contributed by atoms with van der Waals surface area (Å²) in [4.78, 5) is 48.5. The molecular weight excluding hydrogens is 438 g/mol. The van der Waals surface area contributed by atoms with Crippen molar-refractivity contribution < 1.29 is 47.6 Å². The van der Waals surface area contributed by atoms with Gasteiger partial charge in [0.25, 0.3) is 5.91 Å². The average Bonchev–Trinajstić information content (AvgIpc) is 2.85. The normalized spacial score (nSPS) is 11.7. The van der Waals surface area contributed by atoms with Gasteiger partial charge in [-0.05, 0) is 30.3 Å². The van der Waals surface area contributed by atoms with Gasteiger partial charge in [0, 0.05) is 5.69 Å². The number of benzene rings is 2. The van der Waals surface area contributed by atoms with E-state index in [0.717, 1.165) is 0 Å². The van der Waals surface area contributed by atoms with Crippen LogP contribution in [0.5, 0.6) is 17.2 Å². The van der Waals surface area contributed by atoms with E-state index < -0.39 is 30.4 Å². The van der Waals surface area contributed by atoms with Crippen LogP contribution < -0.4 is 19.5 Å². The summed E-state index contributed by atoms with van der Waals surface area (Å²) in [6, 6.07) is 6.73. The molecule has 1 aliphatic rings. The first kappa shape index (κ1) is 23.4. The molecule has 0 aromatic heterocycles. The maximum atomic E-state index is 12.4. The number of ether oxygens (including phenoxy) is 6. The van der Waals surface area contributed by atoms with Crippen LogP contribution in [0.1, 0.15) is 31.1 Å². The third-order valence-corrected chi connectivity index (χ3v) is 4.46. The molecule has 0 spiro atoms. The Morgan fingerprint density at radius 1 is 0.818 bits per heavy atom. The summed E-state index contributed by atoms with van der Waals surface area (Å²) in [5.74, 6) is -1.93. The van der Waals surface area contributed by atoms with Gasteiger partial charge in [-0.15, -0.1) is 0 Å². The predicted octanol–water partition coefficient (Wildman–Crippen LogP) is 1.84. The van der Waals surface area contributed by atoms with Gasteiger partial charge in [-0.2, -0.15) is 0 Å². The van der Waals surface area contributed by atoms with Gasteiger partial charge in [0.1, 0.15) is 13.2 Å². The molecule has 1 aliphatic heterocycles. The number of nitrogens with one attached hydrogen (secondary N) is 1. The Labute approximate surface area is 188 Å². The molecule has 11 heteroatoms. The molecular formula is C22H21NO10. The standard InChI is InChI=1S/C22H21NO10/c1-28-16-9-14(10-17-19(16)32-5-4-31-17)22(27)33-11-18(24)23-15-7-12(20(25)29-2)6-13(8-15)21(26)30-3/h6-10H,4-5,11H2,1-3H3,(H,23,24). The van der Waals surface area contributed by atoms with E-state index in [1.807, 2.05) is 0 Å². The van der Waals surface area contributed by atoms with E-state index in [0.29, 0.717) is 30.5 Å². The van der Waals surface area contributed by atoms with E-state index in [1.54, 1.807) is 0 Å². The van der Waals surface area contributed by atoms with Crippen LogP contribution in [0.4, 0.5) is 5.69 Å². The van der Waals surface area contributed by atoms with E-state index in [4.69, 9.17) is 18.9 Å². The molecule has 174 valence electrons. The quantitative estimate of drug-likeness (QED) is 0.482. The second kappa shape index (κ2) is 10.4. The number of hydrogen-bond donors (Lipinski definition) is 1. The van der Waals surface area contributed by atoms with Gasteiger partial charge in [-0.3, -0.25) is 4.79 Å². The van der Waals surface area contributed by atoms with Crippen molar-refractivity contribution >= 4 is 29.5 Å². The molecule has 11 nitrogen and oxygen atoms in total. The molecule has 1 N–H and O–H groups in total. The molecule has 0 saturated heterocycles. The highest BCUT2D eigenvalue weighted by molar-refractivity contribution is 6.00. The second-order valence-corrected chi connectivity index (χ2v) is 6.61. The van der Waals surface area contributed by atoms with Gasteiger partial charge < -0.3 is 33.7 Å². The van der Waals surface area contributed by atoms with Crippen LogP contribution in [0.15, 0.2) is 30.3 Å². The molecule has 0 bridgehead atoms. The van der Waals surface area contributed by atoms with Crippen LogP contribution in [-0.4, -0.2) is 65.0 Å². The van der Waals surface area contributed by atoms with Crippen LogP contribution in [-0.2, 0) is 19.0 Å². The van der Waals surface area contributed by atoms with Crippen molar-refractivity contribution in [2.24, 2.45) is 0 Å². The Bertz CT molecular complexity index is 1040. The van der Waals surface area contributed by atoms with Gasteiger partial charge in [-0.1, -0.05) is 0 Å². The molecule has 0 unspecified atom stereocenters. The molecule has 3 rings (SSSR count). The summed E-state index contributed by atoms with van der Waals surface area (Å²) in [7, 11) is 3.77. The number of hydrogen-bond acceptors (Lipinski definition) is 10. The molecule has 0 radical (unpaired) electrons. The number of carbonyl (C=O) groups excluding carboxylic acids is 4. The number of carbonyl (C=O) groups is 4. The van der Waals surface area contributed by atoms with Gasteiger partial charge in [0.15, 0.2) is 18.1 Å². The monoisotopic (exact) mass is 459 g/mol. The first-order valence-corrected chi connectivity index (χ1v) is 9.62. The highest BCUT2D eigenvalue weighted by atomic mass is 16.6. The molecule has 33 heavy (non-hydrogen) atoms. The fourth-order valence-corrected chi connectivity index (χ4v) is 2.97. The molecule has 0 aliphatic carbocycles. The number of rotatable bonds is 7. The van der Waals surface area contributed by atoms with Crippen molar-refractivity contribution in [2.45, 2.75) is 0 Å². The van der Waals surface area contributed by atoms with Gasteiger partial charge >= 0.3 is 17.9 Å². The SMILES string of the molecule is COC(=O)c1cc(NC(=O)COC(=O)c2cc(OC)c3c(c2)OCCO3)cc(C(=O)OC)c1. The lowest BCUT2D eigenvalue weighted by Gasteiger charge is -2.21. The Kier molecular flexibility index (Phi) is 7.34.